The third kappa shape index (κ3) is 2.35. The number of aryl methyl sites for hydroxylation is 1. The van der Waals surface area contributed by atoms with Crippen molar-refractivity contribution in [3.05, 3.63) is 35.3 Å². The van der Waals surface area contributed by atoms with Gasteiger partial charge in [0, 0.05) is 17.1 Å². The predicted octanol–water partition coefficient (Wildman–Crippen LogP) is 3.87. The summed E-state index contributed by atoms with van der Waals surface area (Å²) in [7, 11) is 0. The molecule has 1 aromatic rings. The molecule has 3 rings (SSSR count). The summed E-state index contributed by atoms with van der Waals surface area (Å²) in [6.07, 6.45) is 3.74. The molecule has 23 heavy (non-hydrogen) atoms. The number of hydrogen-bond donors (Lipinski definition) is 0. The molecule has 4 nitrogen and oxygen atoms in total. The van der Waals surface area contributed by atoms with E-state index in [1.807, 2.05) is 6.92 Å². The van der Waals surface area contributed by atoms with E-state index < -0.39 is 0 Å². The summed E-state index contributed by atoms with van der Waals surface area (Å²) in [5.41, 5.74) is 2.25. The average molecular weight is 316 g/mol. The fourth-order valence-electron chi connectivity index (χ4n) is 4.20. The van der Waals surface area contributed by atoms with Crippen LogP contribution in [0.15, 0.2) is 22.8 Å². The van der Waals surface area contributed by atoms with E-state index in [-0.39, 0.29) is 35.1 Å². The Morgan fingerprint density at radius 2 is 2.13 bits per heavy atom. The number of Topliss-reactive ketones (excluding diaryl/α,β-unsaturated/α-hetero) is 1. The van der Waals surface area contributed by atoms with Gasteiger partial charge in [0.05, 0.1) is 6.26 Å². The Morgan fingerprint density at radius 1 is 1.43 bits per heavy atom. The summed E-state index contributed by atoms with van der Waals surface area (Å²) in [6.45, 7) is 11.5. The maximum Gasteiger partial charge on any atom is 0.333 e. The molecule has 0 aromatic carbocycles. The fourth-order valence-corrected chi connectivity index (χ4v) is 4.20. The first kappa shape index (κ1) is 16.0. The van der Waals surface area contributed by atoms with Crippen molar-refractivity contribution >= 4 is 11.8 Å². The first-order valence-corrected chi connectivity index (χ1v) is 8.23. The zero-order valence-electron chi connectivity index (χ0n) is 14.3. The molecular weight excluding hydrogens is 292 g/mol. The standard InChI is InChI=1S/C19H24O4/c1-10(2)18(21)23-15-7-6-14-16(20)17-13(11(3)9-22-17)8-19(14,5)12(15)4/h9,12,14-15H,1,6-8H2,2-5H3. The highest BCUT2D eigenvalue weighted by atomic mass is 16.5. The summed E-state index contributed by atoms with van der Waals surface area (Å²) < 4.78 is 11.1. The largest absolute Gasteiger partial charge is 0.461 e. The molecule has 1 saturated carbocycles. The minimum atomic E-state index is -0.341. The summed E-state index contributed by atoms with van der Waals surface area (Å²) >= 11 is 0. The van der Waals surface area contributed by atoms with E-state index >= 15 is 0 Å². The van der Waals surface area contributed by atoms with E-state index in [0.29, 0.717) is 17.8 Å². The Hall–Kier alpha value is -1.84. The molecule has 0 bridgehead atoms. The van der Waals surface area contributed by atoms with Gasteiger partial charge >= 0.3 is 5.97 Å². The van der Waals surface area contributed by atoms with Crippen LogP contribution in [0.25, 0.3) is 0 Å². The number of esters is 1. The lowest BCUT2D eigenvalue weighted by Crippen LogP contribution is -2.52. The molecule has 1 fully saturated rings. The minimum absolute atomic E-state index is 0.0599. The molecule has 0 saturated heterocycles. The molecule has 124 valence electrons. The van der Waals surface area contributed by atoms with Crippen molar-refractivity contribution in [2.75, 3.05) is 0 Å². The first-order valence-electron chi connectivity index (χ1n) is 8.23. The lowest BCUT2D eigenvalue weighted by atomic mass is 9.54. The highest BCUT2D eigenvalue weighted by molar-refractivity contribution is 5.99. The number of carbonyl (C=O) groups excluding carboxylic acids is 2. The topological polar surface area (TPSA) is 56.5 Å². The van der Waals surface area contributed by atoms with Gasteiger partial charge in [-0.2, -0.15) is 0 Å². The molecule has 1 aromatic heterocycles. The number of ether oxygens (including phenoxy) is 1. The second-order valence-corrected chi connectivity index (χ2v) is 7.42. The van der Waals surface area contributed by atoms with Crippen molar-refractivity contribution in [3.63, 3.8) is 0 Å². The zero-order chi connectivity index (χ0) is 16.9. The number of rotatable bonds is 2. The van der Waals surface area contributed by atoms with Gasteiger partial charge in [-0.3, -0.25) is 4.79 Å². The normalized spacial score (nSPS) is 32.9. The summed E-state index contributed by atoms with van der Waals surface area (Å²) in [4.78, 5) is 24.7. The van der Waals surface area contributed by atoms with Crippen molar-refractivity contribution in [2.24, 2.45) is 17.3 Å². The fraction of sp³-hybridized carbons (Fsp3) is 0.579. The third-order valence-electron chi connectivity index (χ3n) is 5.94. The highest BCUT2D eigenvalue weighted by Crippen LogP contribution is 2.53. The second-order valence-electron chi connectivity index (χ2n) is 7.42. The van der Waals surface area contributed by atoms with Crippen molar-refractivity contribution in [1.82, 2.24) is 0 Å². The lowest BCUT2D eigenvalue weighted by molar-refractivity contribution is -0.154. The van der Waals surface area contributed by atoms with Crippen LogP contribution in [0.2, 0.25) is 0 Å². The van der Waals surface area contributed by atoms with E-state index in [1.54, 1.807) is 13.2 Å². The molecule has 0 amide bonds. The van der Waals surface area contributed by atoms with Gasteiger partial charge in [0.1, 0.15) is 6.10 Å². The Bertz CT molecular complexity index is 684. The zero-order valence-corrected chi connectivity index (χ0v) is 14.3. The van der Waals surface area contributed by atoms with E-state index in [2.05, 4.69) is 20.4 Å². The number of furan rings is 1. The van der Waals surface area contributed by atoms with Crippen LogP contribution >= 0.6 is 0 Å². The molecule has 4 heteroatoms. The molecule has 2 aliphatic rings. The number of carbonyl (C=O) groups is 2. The molecular formula is C19H24O4. The molecule has 4 atom stereocenters. The van der Waals surface area contributed by atoms with Crippen LogP contribution < -0.4 is 0 Å². The van der Waals surface area contributed by atoms with Crippen molar-refractivity contribution in [2.45, 2.75) is 53.1 Å². The summed E-state index contributed by atoms with van der Waals surface area (Å²) in [6, 6.07) is 0. The van der Waals surface area contributed by atoms with Crippen LogP contribution in [-0.4, -0.2) is 17.9 Å². The SMILES string of the molecule is C=C(C)C(=O)OC1CCC2C(=O)c3occ(C)c3CC2(C)C1C. The maximum absolute atomic E-state index is 12.8. The quantitative estimate of drug-likeness (QED) is 0.614. The van der Waals surface area contributed by atoms with Crippen LogP contribution in [0.4, 0.5) is 0 Å². The summed E-state index contributed by atoms with van der Waals surface area (Å²) in [5, 5.41) is 0. The smallest absolute Gasteiger partial charge is 0.333 e. The van der Waals surface area contributed by atoms with Crippen LogP contribution in [0, 0.1) is 24.2 Å². The Morgan fingerprint density at radius 3 is 2.78 bits per heavy atom. The minimum Gasteiger partial charge on any atom is -0.461 e. The molecule has 0 radical (unpaired) electrons. The first-order chi connectivity index (χ1) is 10.8. The number of ketones is 1. The average Bonchev–Trinajstić information content (AvgIpc) is 2.85. The van der Waals surface area contributed by atoms with Gasteiger partial charge in [0.2, 0.25) is 5.78 Å². The van der Waals surface area contributed by atoms with Crippen molar-refractivity contribution in [1.29, 1.82) is 0 Å². The van der Waals surface area contributed by atoms with Gasteiger partial charge in [0.15, 0.2) is 5.76 Å². The van der Waals surface area contributed by atoms with Gasteiger partial charge < -0.3 is 9.15 Å². The Labute approximate surface area is 136 Å². The highest BCUT2D eigenvalue weighted by Gasteiger charge is 2.54. The molecule has 1 heterocycles. The molecule has 0 N–H and O–H groups in total. The Kier molecular flexibility index (Phi) is 3.74. The van der Waals surface area contributed by atoms with E-state index in [4.69, 9.17) is 9.15 Å². The predicted molar refractivity (Wildman–Crippen MR) is 86.2 cm³/mol. The second kappa shape index (κ2) is 5.36. The third-order valence-corrected chi connectivity index (χ3v) is 5.94. The number of fused-ring (bicyclic) bond motifs is 2. The van der Waals surface area contributed by atoms with Gasteiger partial charge in [0.25, 0.3) is 0 Å². The van der Waals surface area contributed by atoms with Crippen LogP contribution in [0.5, 0.6) is 0 Å². The van der Waals surface area contributed by atoms with Crippen LogP contribution in [0.1, 0.15) is 55.3 Å². The number of hydrogen-bond acceptors (Lipinski definition) is 4. The summed E-state index contributed by atoms with van der Waals surface area (Å²) in [5.74, 6) is 0.352. The lowest BCUT2D eigenvalue weighted by Gasteiger charge is -2.50. The van der Waals surface area contributed by atoms with E-state index in [0.717, 1.165) is 24.0 Å². The van der Waals surface area contributed by atoms with Gasteiger partial charge in [-0.15, -0.1) is 0 Å². The van der Waals surface area contributed by atoms with E-state index in [1.165, 1.54) is 0 Å². The molecule has 0 aliphatic heterocycles. The molecule has 4 unspecified atom stereocenters. The Balaban J connectivity index is 1.91. The monoisotopic (exact) mass is 316 g/mol. The van der Waals surface area contributed by atoms with Crippen LogP contribution in [0.3, 0.4) is 0 Å². The van der Waals surface area contributed by atoms with Crippen molar-refractivity contribution in [3.8, 4) is 0 Å². The van der Waals surface area contributed by atoms with Crippen LogP contribution in [-0.2, 0) is 16.0 Å². The molecule has 2 aliphatic carbocycles. The van der Waals surface area contributed by atoms with Gasteiger partial charge in [-0.05, 0) is 50.0 Å². The molecule has 0 spiro atoms. The van der Waals surface area contributed by atoms with E-state index in [9.17, 15) is 9.59 Å². The van der Waals surface area contributed by atoms with Gasteiger partial charge in [-0.25, -0.2) is 4.79 Å². The van der Waals surface area contributed by atoms with Crippen molar-refractivity contribution < 1.29 is 18.7 Å². The maximum atomic E-state index is 12.8. The van der Waals surface area contributed by atoms with Gasteiger partial charge in [-0.1, -0.05) is 20.4 Å².